The Balaban J connectivity index is 5.46. The second-order valence-corrected chi connectivity index (χ2v) is 28.4. The van der Waals surface area contributed by atoms with E-state index >= 15 is 0 Å². The van der Waals surface area contributed by atoms with Crippen molar-refractivity contribution < 1.29 is 80.2 Å². The highest BCUT2D eigenvalue weighted by molar-refractivity contribution is 7.47. The van der Waals surface area contributed by atoms with Crippen molar-refractivity contribution in [2.24, 2.45) is 0 Å². The van der Waals surface area contributed by atoms with Crippen LogP contribution in [0.3, 0.4) is 0 Å². The number of ether oxygens (including phenoxy) is 4. The van der Waals surface area contributed by atoms with Crippen LogP contribution in [0.4, 0.5) is 0 Å². The molecule has 0 fully saturated rings. The Labute approximate surface area is 629 Å². The van der Waals surface area contributed by atoms with Gasteiger partial charge in [-0.25, -0.2) is 9.13 Å². The van der Waals surface area contributed by atoms with Gasteiger partial charge in [-0.1, -0.05) is 262 Å². The van der Waals surface area contributed by atoms with Crippen LogP contribution < -0.4 is 0 Å². The molecule has 0 rings (SSSR count). The number of unbranched alkanes of at least 4 members (excludes halogenated alkanes) is 18. The van der Waals surface area contributed by atoms with Gasteiger partial charge < -0.3 is 33.8 Å². The number of hydrogen-bond donors (Lipinski definition) is 3. The van der Waals surface area contributed by atoms with Crippen molar-refractivity contribution in [3.8, 4) is 0 Å². The maximum atomic E-state index is 13.1. The van der Waals surface area contributed by atoms with Crippen molar-refractivity contribution in [1.29, 1.82) is 0 Å². The first-order valence-corrected chi connectivity index (χ1v) is 42.4. The molecule has 3 N–H and O–H groups in total. The molecule has 19 heteroatoms. The summed E-state index contributed by atoms with van der Waals surface area (Å²) in [6.45, 7) is 4.39. The smallest absolute Gasteiger partial charge is 0.462 e. The van der Waals surface area contributed by atoms with Gasteiger partial charge in [-0.05, 0) is 167 Å². The average Bonchev–Trinajstić information content (AvgIpc) is 0.906. The third kappa shape index (κ3) is 74.7. The van der Waals surface area contributed by atoms with E-state index in [2.05, 4.69) is 198 Å². The minimum Gasteiger partial charge on any atom is -0.462 e. The number of carbonyl (C=O) groups excluding carboxylic acids is 4. The molecule has 0 saturated carbocycles. The summed E-state index contributed by atoms with van der Waals surface area (Å²) >= 11 is 0. The van der Waals surface area contributed by atoms with Crippen LogP contribution in [0.1, 0.15) is 285 Å². The number of rotatable bonds is 72. The van der Waals surface area contributed by atoms with Crippen LogP contribution in [0.25, 0.3) is 0 Å². The monoisotopic (exact) mass is 1490 g/mol. The van der Waals surface area contributed by atoms with E-state index in [1.165, 1.54) is 0 Å². The Hall–Kier alpha value is -5.58. The molecule has 0 aromatic heterocycles. The number of aliphatic hydroxyl groups excluding tert-OH is 1. The molecule has 0 aromatic carbocycles. The molecule has 0 aliphatic heterocycles. The largest absolute Gasteiger partial charge is 0.472 e. The molecular weight excluding hydrogens is 1350 g/mol. The van der Waals surface area contributed by atoms with Crippen LogP contribution in [0.15, 0.2) is 170 Å². The summed E-state index contributed by atoms with van der Waals surface area (Å²) in [6, 6.07) is 0. The first-order valence-electron chi connectivity index (χ1n) is 39.4. The van der Waals surface area contributed by atoms with Gasteiger partial charge in [0.05, 0.1) is 26.4 Å². The van der Waals surface area contributed by atoms with E-state index in [0.717, 1.165) is 205 Å². The summed E-state index contributed by atoms with van der Waals surface area (Å²) in [6.07, 6.45) is 89.1. The summed E-state index contributed by atoms with van der Waals surface area (Å²) in [4.78, 5) is 73.0. The van der Waals surface area contributed by atoms with E-state index in [4.69, 9.17) is 37.0 Å². The molecule has 0 amide bonds. The highest BCUT2D eigenvalue weighted by Gasteiger charge is 2.30. The van der Waals surface area contributed by atoms with E-state index in [1.54, 1.807) is 0 Å². The molecule has 104 heavy (non-hydrogen) atoms. The second kappa shape index (κ2) is 75.6. The molecule has 0 heterocycles. The third-order valence-corrected chi connectivity index (χ3v) is 17.5. The molecule has 0 aliphatic rings. The lowest BCUT2D eigenvalue weighted by Crippen LogP contribution is -2.30. The fraction of sp³-hybridized carbons (Fsp3) is 0.624. The van der Waals surface area contributed by atoms with E-state index < -0.39 is 97.5 Å². The van der Waals surface area contributed by atoms with Gasteiger partial charge in [-0.15, -0.1) is 0 Å². The van der Waals surface area contributed by atoms with Crippen LogP contribution in [-0.2, 0) is 65.4 Å². The van der Waals surface area contributed by atoms with Crippen molar-refractivity contribution in [2.75, 3.05) is 39.6 Å². The Bertz CT molecular complexity index is 2640. The van der Waals surface area contributed by atoms with Gasteiger partial charge in [-0.3, -0.25) is 37.3 Å². The van der Waals surface area contributed by atoms with Crippen molar-refractivity contribution in [1.82, 2.24) is 0 Å². The standard InChI is InChI=1S/C85H138O17P2/c1-5-9-13-17-21-25-29-33-35-37-39-41-43-47-50-54-58-62-66-70-83(88)96-76-81(102-85(90)72-68-64-60-56-52-48-44-42-40-38-36-34-30-26-22-18-14-10-6-2)78-100-104(93,94)98-74-79(86)73-97-103(91,92)99-77-80(101-84(89)71-67-63-59-55-51-46-32-28-24-20-16-12-8-4)75-95-82(87)69-65-61-57-53-49-45-31-27-23-19-15-11-7-3/h9-10,13-16,19-22,25-28,31-36,39-42,47-48,50,52,79-81,86H,5-8,11-12,17-18,23-24,29-30,37-38,43-46,49,51,53-78H2,1-4H3,(H,91,92)(H,93,94)/b13-9-,14-10-,19-15-,20-16-,25-21-,26-22-,31-27-,32-28-,35-33-,36-34-,41-39-,42-40-,50-47-,52-48-. The van der Waals surface area contributed by atoms with Gasteiger partial charge in [0.25, 0.3) is 0 Å². The number of hydrogen-bond acceptors (Lipinski definition) is 15. The lowest BCUT2D eigenvalue weighted by atomic mass is 10.1. The van der Waals surface area contributed by atoms with E-state index in [-0.39, 0.29) is 25.7 Å². The lowest BCUT2D eigenvalue weighted by molar-refractivity contribution is -0.161. The fourth-order valence-electron chi connectivity index (χ4n) is 9.70. The highest BCUT2D eigenvalue weighted by Crippen LogP contribution is 2.45. The van der Waals surface area contributed by atoms with Crippen LogP contribution in [-0.4, -0.2) is 96.7 Å². The van der Waals surface area contributed by atoms with E-state index in [9.17, 15) is 43.2 Å². The molecule has 17 nitrogen and oxygen atoms in total. The van der Waals surface area contributed by atoms with Gasteiger partial charge in [0.1, 0.15) is 19.3 Å². The molecule has 0 radical (unpaired) electrons. The average molecular weight is 1490 g/mol. The zero-order valence-electron chi connectivity index (χ0n) is 64.4. The fourth-order valence-corrected chi connectivity index (χ4v) is 11.3. The summed E-state index contributed by atoms with van der Waals surface area (Å²) in [5.41, 5.74) is 0. The number of phosphoric acid groups is 2. The van der Waals surface area contributed by atoms with Gasteiger partial charge in [-0.2, -0.15) is 0 Å². The molecule has 0 saturated heterocycles. The summed E-state index contributed by atoms with van der Waals surface area (Å²) in [7, 11) is -10.00. The van der Waals surface area contributed by atoms with Crippen LogP contribution in [0, 0.1) is 0 Å². The quantitative estimate of drug-likeness (QED) is 0.0169. The molecule has 5 atom stereocenters. The predicted octanol–water partition coefficient (Wildman–Crippen LogP) is 23.0. The van der Waals surface area contributed by atoms with Crippen molar-refractivity contribution in [2.45, 2.75) is 303 Å². The van der Waals surface area contributed by atoms with Crippen molar-refractivity contribution in [3.63, 3.8) is 0 Å². The molecule has 5 unspecified atom stereocenters. The molecule has 0 spiro atoms. The molecule has 0 bridgehead atoms. The summed E-state index contributed by atoms with van der Waals surface area (Å²) < 4.78 is 68.5. The summed E-state index contributed by atoms with van der Waals surface area (Å²) in [5.74, 6) is -2.29. The molecule has 590 valence electrons. The number of phosphoric ester groups is 2. The van der Waals surface area contributed by atoms with Crippen LogP contribution in [0.5, 0.6) is 0 Å². The zero-order chi connectivity index (χ0) is 76.0. The topological polar surface area (TPSA) is 237 Å². The first-order chi connectivity index (χ1) is 50.7. The van der Waals surface area contributed by atoms with Gasteiger partial charge >= 0.3 is 39.5 Å². The Kier molecular flexibility index (Phi) is 71.6. The maximum absolute atomic E-state index is 13.1. The third-order valence-electron chi connectivity index (χ3n) is 15.6. The Morgan fingerprint density at radius 3 is 0.779 bits per heavy atom. The number of allylic oxidation sites excluding steroid dienone is 28. The second-order valence-electron chi connectivity index (χ2n) is 25.5. The normalized spacial score (nSPS) is 14.8. The highest BCUT2D eigenvalue weighted by atomic mass is 31.2. The Morgan fingerprint density at radius 1 is 0.279 bits per heavy atom. The zero-order valence-corrected chi connectivity index (χ0v) is 66.2. The van der Waals surface area contributed by atoms with Gasteiger partial charge in [0.15, 0.2) is 12.2 Å². The van der Waals surface area contributed by atoms with Crippen molar-refractivity contribution in [3.05, 3.63) is 170 Å². The predicted molar refractivity (Wildman–Crippen MR) is 426 cm³/mol. The van der Waals surface area contributed by atoms with E-state index in [1.807, 2.05) is 0 Å². The van der Waals surface area contributed by atoms with Crippen LogP contribution in [0.2, 0.25) is 0 Å². The number of carbonyl (C=O) groups is 4. The molecule has 0 aliphatic carbocycles. The van der Waals surface area contributed by atoms with Gasteiger partial charge in [0, 0.05) is 25.7 Å². The molecule has 0 aromatic rings. The number of esters is 4. The Morgan fingerprint density at radius 2 is 0.500 bits per heavy atom. The SMILES string of the molecule is CC/C=C\C/C=C\C/C=C\C/C=C\C/C=C\CCCCCC(=O)OCC(COP(=O)(O)OCC(O)COP(=O)(O)OCC(COC(=O)CCCCCCC/C=C\C/C=C\CCC)OC(=O)CCCCCCC/C=C\C/C=C\CCC)OC(=O)CCCCC/C=C\C/C=C\C/C=C\C/C=C\C/C=C\CC. The van der Waals surface area contributed by atoms with Crippen LogP contribution >= 0.6 is 15.6 Å². The lowest BCUT2D eigenvalue weighted by Gasteiger charge is -2.21. The maximum Gasteiger partial charge on any atom is 0.472 e. The summed E-state index contributed by atoms with van der Waals surface area (Å²) in [5, 5.41) is 10.6. The minimum absolute atomic E-state index is 0.0409. The van der Waals surface area contributed by atoms with Gasteiger partial charge in [0.2, 0.25) is 0 Å². The minimum atomic E-state index is -5.00. The first kappa shape index (κ1) is 98.4. The van der Waals surface area contributed by atoms with E-state index in [0.29, 0.717) is 25.7 Å². The molecular formula is C85H138O17P2. The number of aliphatic hydroxyl groups is 1. The van der Waals surface area contributed by atoms with Crippen molar-refractivity contribution >= 4 is 39.5 Å².